The van der Waals surface area contributed by atoms with Gasteiger partial charge >= 0.3 is 0 Å². The summed E-state index contributed by atoms with van der Waals surface area (Å²) in [5, 5.41) is 15.0. The fraction of sp³-hybridized carbons (Fsp3) is 0.444. The van der Waals surface area contributed by atoms with Gasteiger partial charge in [-0.25, -0.2) is 0 Å². The average molecular weight is 329 g/mol. The lowest BCUT2D eigenvalue weighted by atomic mass is 9.64. The topological polar surface area (TPSA) is 81.8 Å². The Morgan fingerprint density at radius 3 is 2.83 bits per heavy atom. The molecule has 24 heavy (non-hydrogen) atoms. The number of hydrogen-bond donors (Lipinski definition) is 1. The van der Waals surface area contributed by atoms with Crippen molar-refractivity contribution >= 4 is 5.78 Å². The van der Waals surface area contributed by atoms with E-state index < -0.39 is 11.5 Å². The molecule has 2 heterocycles. The van der Waals surface area contributed by atoms with Crippen molar-refractivity contribution in [2.75, 3.05) is 6.79 Å². The Morgan fingerprint density at radius 1 is 1.33 bits per heavy atom. The Hall–Kier alpha value is -2.34. The van der Waals surface area contributed by atoms with Gasteiger partial charge in [-0.15, -0.1) is 0 Å². The van der Waals surface area contributed by atoms with E-state index in [0.717, 1.165) is 11.1 Å². The molecule has 4 rings (SSSR count). The third-order valence-corrected chi connectivity index (χ3v) is 5.02. The predicted molar refractivity (Wildman–Crippen MR) is 84.1 cm³/mol. The maximum atomic E-state index is 12.4. The number of carbonyl (C=O) groups is 1. The number of aromatic nitrogens is 1. The average Bonchev–Trinajstić information content (AvgIpc) is 3.10. The first-order chi connectivity index (χ1) is 11.4. The van der Waals surface area contributed by atoms with Crippen LogP contribution in [-0.4, -0.2) is 28.4 Å². The van der Waals surface area contributed by atoms with Crippen molar-refractivity contribution in [2.24, 2.45) is 5.92 Å². The van der Waals surface area contributed by atoms with E-state index >= 15 is 0 Å². The van der Waals surface area contributed by atoms with Crippen LogP contribution < -0.4 is 9.47 Å². The highest BCUT2D eigenvalue weighted by atomic mass is 16.7. The molecule has 0 saturated carbocycles. The van der Waals surface area contributed by atoms with Crippen LogP contribution >= 0.6 is 0 Å². The monoisotopic (exact) mass is 329 g/mol. The van der Waals surface area contributed by atoms with E-state index in [1.807, 2.05) is 25.1 Å². The summed E-state index contributed by atoms with van der Waals surface area (Å²) in [6, 6.07) is 5.62. The first kappa shape index (κ1) is 15.2. The zero-order valence-corrected chi connectivity index (χ0v) is 13.8. The fourth-order valence-electron chi connectivity index (χ4n) is 4.06. The molecule has 1 aromatic heterocycles. The highest BCUT2D eigenvalue weighted by molar-refractivity contribution is 5.82. The Morgan fingerprint density at radius 2 is 2.08 bits per heavy atom. The van der Waals surface area contributed by atoms with Gasteiger partial charge in [-0.1, -0.05) is 11.2 Å². The van der Waals surface area contributed by atoms with E-state index in [2.05, 4.69) is 5.16 Å². The van der Waals surface area contributed by atoms with Gasteiger partial charge in [-0.3, -0.25) is 4.79 Å². The minimum absolute atomic E-state index is 0.0612. The molecule has 0 radical (unpaired) electrons. The van der Waals surface area contributed by atoms with Crippen molar-refractivity contribution in [3.05, 3.63) is 40.8 Å². The zero-order chi connectivity index (χ0) is 17.1. The number of benzene rings is 1. The number of fused-ring (bicyclic) bond motifs is 2. The van der Waals surface area contributed by atoms with Crippen LogP contribution in [0, 0.1) is 12.8 Å². The SMILES string of the molecule is CC(=O)C1C(c2ccc3c(c2)OCO3)c2c(noc2C)CC1(C)O. The lowest BCUT2D eigenvalue weighted by Gasteiger charge is -2.40. The van der Waals surface area contributed by atoms with Crippen molar-refractivity contribution in [3.63, 3.8) is 0 Å². The van der Waals surface area contributed by atoms with E-state index in [1.165, 1.54) is 6.92 Å². The number of nitrogens with zero attached hydrogens (tertiary/aromatic N) is 1. The third kappa shape index (κ3) is 2.13. The van der Waals surface area contributed by atoms with Crippen LogP contribution in [0.4, 0.5) is 0 Å². The van der Waals surface area contributed by atoms with Gasteiger partial charge < -0.3 is 19.1 Å². The Labute approximate surface area is 139 Å². The van der Waals surface area contributed by atoms with Crippen LogP contribution in [0.15, 0.2) is 22.7 Å². The largest absolute Gasteiger partial charge is 0.454 e. The lowest BCUT2D eigenvalue weighted by molar-refractivity contribution is -0.130. The minimum Gasteiger partial charge on any atom is -0.454 e. The standard InChI is InChI=1S/C18H19NO5/c1-9(20)17-16(11-4-5-13-14(6-11)23-8-22-13)15-10(2)24-19-12(15)7-18(17,3)21/h4-6,16-17,21H,7-8H2,1-3H3. The van der Waals surface area contributed by atoms with Crippen LogP contribution in [0.5, 0.6) is 11.5 Å². The Bertz CT molecular complexity index is 823. The summed E-state index contributed by atoms with van der Waals surface area (Å²) >= 11 is 0. The zero-order valence-electron chi connectivity index (χ0n) is 13.8. The first-order valence-corrected chi connectivity index (χ1v) is 7.96. The molecule has 3 atom stereocenters. The normalized spacial score (nSPS) is 27.8. The summed E-state index contributed by atoms with van der Waals surface area (Å²) in [6.07, 6.45) is 0.297. The summed E-state index contributed by atoms with van der Waals surface area (Å²) in [5.41, 5.74) is 1.29. The second-order valence-corrected chi connectivity index (χ2v) is 6.81. The van der Waals surface area contributed by atoms with E-state index in [4.69, 9.17) is 14.0 Å². The number of aryl methyl sites for hydroxylation is 1. The molecule has 1 aromatic carbocycles. The number of aliphatic hydroxyl groups is 1. The summed E-state index contributed by atoms with van der Waals surface area (Å²) in [5.74, 6) is 1.03. The van der Waals surface area contributed by atoms with E-state index in [9.17, 15) is 9.90 Å². The van der Waals surface area contributed by atoms with Gasteiger partial charge in [-0.05, 0) is 38.5 Å². The molecule has 0 fully saturated rings. The van der Waals surface area contributed by atoms with Crippen molar-refractivity contribution in [3.8, 4) is 11.5 Å². The molecule has 1 aliphatic heterocycles. The number of ketones is 1. The minimum atomic E-state index is -1.19. The van der Waals surface area contributed by atoms with Crippen LogP contribution in [0.1, 0.15) is 42.3 Å². The molecule has 2 aliphatic rings. The fourth-order valence-corrected chi connectivity index (χ4v) is 4.06. The van der Waals surface area contributed by atoms with E-state index in [-0.39, 0.29) is 18.5 Å². The highest BCUT2D eigenvalue weighted by Gasteiger charge is 2.49. The van der Waals surface area contributed by atoms with Crippen LogP contribution in [0.2, 0.25) is 0 Å². The summed E-state index contributed by atoms with van der Waals surface area (Å²) < 4.78 is 16.2. The molecular formula is C18H19NO5. The Kier molecular flexibility index (Phi) is 3.22. The molecule has 6 heteroatoms. The second kappa shape index (κ2) is 5.08. The third-order valence-electron chi connectivity index (χ3n) is 5.02. The van der Waals surface area contributed by atoms with Gasteiger partial charge in [0, 0.05) is 17.9 Å². The molecule has 3 unspecified atom stereocenters. The van der Waals surface area contributed by atoms with E-state index in [0.29, 0.717) is 29.4 Å². The predicted octanol–water partition coefficient (Wildman–Crippen LogP) is 2.36. The molecule has 0 amide bonds. The maximum absolute atomic E-state index is 12.4. The molecule has 0 bridgehead atoms. The smallest absolute Gasteiger partial charge is 0.231 e. The number of Topliss-reactive ketones (excluding diaryl/α,β-unsaturated/α-hetero) is 1. The number of rotatable bonds is 2. The summed E-state index contributed by atoms with van der Waals surface area (Å²) in [7, 11) is 0. The number of hydrogen-bond acceptors (Lipinski definition) is 6. The van der Waals surface area contributed by atoms with Gasteiger partial charge in [0.15, 0.2) is 11.5 Å². The maximum Gasteiger partial charge on any atom is 0.231 e. The van der Waals surface area contributed by atoms with Gasteiger partial charge in [0.25, 0.3) is 0 Å². The van der Waals surface area contributed by atoms with Crippen molar-refractivity contribution in [1.82, 2.24) is 5.16 Å². The highest BCUT2D eigenvalue weighted by Crippen LogP contribution is 2.48. The summed E-state index contributed by atoms with van der Waals surface area (Å²) in [6.45, 7) is 5.23. The van der Waals surface area contributed by atoms with E-state index in [1.54, 1.807) is 6.92 Å². The molecular weight excluding hydrogens is 310 g/mol. The van der Waals surface area contributed by atoms with Gasteiger partial charge in [0.2, 0.25) is 6.79 Å². The van der Waals surface area contributed by atoms with Gasteiger partial charge in [0.1, 0.15) is 11.5 Å². The lowest BCUT2D eigenvalue weighted by Crippen LogP contribution is -2.48. The molecule has 6 nitrogen and oxygen atoms in total. The number of carbonyl (C=O) groups excluding carboxylic acids is 1. The molecule has 126 valence electrons. The molecule has 1 N–H and O–H groups in total. The van der Waals surface area contributed by atoms with Crippen LogP contribution in [0.25, 0.3) is 0 Å². The van der Waals surface area contributed by atoms with Crippen molar-refractivity contribution in [2.45, 2.75) is 38.7 Å². The van der Waals surface area contributed by atoms with Crippen LogP contribution in [-0.2, 0) is 11.2 Å². The van der Waals surface area contributed by atoms with Gasteiger partial charge in [-0.2, -0.15) is 0 Å². The van der Waals surface area contributed by atoms with Crippen molar-refractivity contribution in [1.29, 1.82) is 0 Å². The Balaban J connectivity index is 1.92. The van der Waals surface area contributed by atoms with Gasteiger partial charge in [0.05, 0.1) is 17.2 Å². The molecule has 0 saturated heterocycles. The van der Waals surface area contributed by atoms with Crippen LogP contribution in [0.3, 0.4) is 0 Å². The number of ether oxygens (including phenoxy) is 2. The molecule has 2 aromatic rings. The second-order valence-electron chi connectivity index (χ2n) is 6.81. The quantitative estimate of drug-likeness (QED) is 0.911. The first-order valence-electron chi connectivity index (χ1n) is 7.96. The summed E-state index contributed by atoms with van der Waals surface area (Å²) in [4.78, 5) is 12.4. The molecule has 0 spiro atoms. The van der Waals surface area contributed by atoms with Crippen molar-refractivity contribution < 1.29 is 23.9 Å². The molecule has 1 aliphatic carbocycles.